The second-order valence-electron chi connectivity index (χ2n) is 8.65. The molecule has 0 unspecified atom stereocenters. The number of carboxylic acid groups (broad SMARTS) is 1. The Morgan fingerprint density at radius 3 is 2.48 bits per heavy atom. The van der Waals surface area contributed by atoms with Gasteiger partial charge in [0.05, 0.1) is 19.8 Å². The quantitative estimate of drug-likeness (QED) is 0.443. The number of nitrogens with zero attached hydrogens (tertiary/aromatic N) is 1. The maximum absolute atomic E-state index is 13.8. The Labute approximate surface area is 184 Å². The van der Waals surface area contributed by atoms with Crippen LogP contribution in [0.5, 0.6) is 0 Å². The molecule has 5 rings (SSSR count). The number of likely N-dealkylation sites (N-methyl/N-ethyl adjacent to an activating group) is 1. The van der Waals surface area contributed by atoms with E-state index in [9.17, 15) is 9.18 Å². The third kappa shape index (κ3) is 4.17. The van der Waals surface area contributed by atoms with Crippen molar-refractivity contribution in [1.82, 2.24) is 0 Å². The fourth-order valence-electron chi connectivity index (χ4n) is 5.00. The molecule has 3 aliphatic rings. The van der Waals surface area contributed by atoms with Crippen LogP contribution in [0.3, 0.4) is 0 Å². The summed E-state index contributed by atoms with van der Waals surface area (Å²) in [7, 11) is 4.49. The van der Waals surface area contributed by atoms with E-state index in [1.54, 1.807) is 17.4 Å². The maximum Gasteiger partial charge on any atom is 0.411 e. The smallest absolute Gasteiger partial charge is 0.411 e. The third-order valence-electron chi connectivity index (χ3n) is 6.54. The van der Waals surface area contributed by atoms with Crippen molar-refractivity contribution >= 4 is 29.6 Å². The minimum absolute atomic E-state index is 0.106. The molecule has 1 aromatic carbocycles. The predicted octanol–water partition coefficient (Wildman–Crippen LogP) is 2.53. The summed E-state index contributed by atoms with van der Waals surface area (Å²) in [6, 6.07) is 9.09. The van der Waals surface area contributed by atoms with Gasteiger partial charge >= 0.3 is 6.09 Å². The Balaban J connectivity index is 0.000000730. The number of epoxide rings is 1. The van der Waals surface area contributed by atoms with Gasteiger partial charge in [0.15, 0.2) is 0 Å². The molecule has 3 fully saturated rings. The van der Waals surface area contributed by atoms with Gasteiger partial charge in [-0.05, 0) is 37.3 Å². The Kier molecular flexibility index (Phi) is 5.76. The second kappa shape index (κ2) is 8.22. The first-order chi connectivity index (χ1) is 14.7. The van der Waals surface area contributed by atoms with Gasteiger partial charge in [0.2, 0.25) is 0 Å². The Bertz CT molecular complexity index is 974. The van der Waals surface area contributed by atoms with Gasteiger partial charge in [-0.15, -0.1) is 11.3 Å². The van der Waals surface area contributed by atoms with Crippen molar-refractivity contribution < 1.29 is 33.0 Å². The standard InChI is InChI=1S/C21H23FN2O3S.CH2O2/c1-11-4-7-18(28-11)14-8-12(22)5-6-15(14)23-21(25)26-13-9-16-19-20(27-19)17(10-13)24(16,2)3;2-1-3/h4-8,13,16-17,19-20H,9-10H2,1-3H3;1H,(H,2,3)/t13-,16-,17+,19-,20+;. The van der Waals surface area contributed by atoms with Crippen molar-refractivity contribution in [2.24, 2.45) is 0 Å². The first-order valence-corrected chi connectivity index (χ1v) is 10.9. The average Bonchev–Trinajstić information content (AvgIpc) is 3.34. The summed E-state index contributed by atoms with van der Waals surface area (Å²) in [5, 5.41) is 11.1. The van der Waals surface area contributed by atoms with Gasteiger partial charge in [0.25, 0.3) is 0 Å². The van der Waals surface area contributed by atoms with E-state index in [2.05, 4.69) is 19.4 Å². The number of morpholine rings is 1. The average molecular weight is 449 g/mol. The van der Waals surface area contributed by atoms with E-state index in [4.69, 9.17) is 19.4 Å². The van der Waals surface area contributed by atoms with Crippen LogP contribution < -0.4 is 10.4 Å². The number of nitrogens with one attached hydrogen (secondary N) is 1. The molecule has 3 saturated heterocycles. The summed E-state index contributed by atoms with van der Waals surface area (Å²) < 4.78 is 26.3. The van der Waals surface area contributed by atoms with E-state index < -0.39 is 12.6 Å². The molecule has 4 heterocycles. The lowest BCUT2D eigenvalue weighted by Crippen LogP contribution is -2.60. The summed E-state index contributed by atoms with van der Waals surface area (Å²) in [6.07, 6.45) is 1.69. The number of amides is 1. The maximum atomic E-state index is 13.8. The normalized spacial score (nSPS) is 29.2. The molecule has 166 valence electrons. The highest BCUT2D eigenvalue weighted by molar-refractivity contribution is 7.15. The molecule has 3 aliphatic heterocycles. The fourth-order valence-corrected chi connectivity index (χ4v) is 5.90. The van der Waals surface area contributed by atoms with Crippen LogP contribution in [0.1, 0.15) is 17.7 Å². The van der Waals surface area contributed by atoms with Crippen molar-refractivity contribution in [2.45, 2.75) is 50.2 Å². The Morgan fingerprint density at radius 2 is 1.90 bits per heavy atom. The van der Waals surface area contributed by atoms with Crippen LogP contribution in [0.25, 0.3) is 10.4 Å². The lowest BCUT2D eigenvalue weighted by molar-refractivity contribution is -0.938. The van der Waals surface area contributed by atoms with Gasteiger partial charge in [-0.2, -0.15) is 0 Å². The minimum atomic E-state index is -0.500. The van der Waals surface area contributed by atoms with Crippen LogP contribution >= 0.6 is 11.3 Å². The van der Waals surface area contributed by atoms with Gasteiger partial charge in [0.1, 0.15) is 36.2 Å². The predicted molar refractivity (Wildman–Crippen MR) is 112 cm³/mol. The monoisotopic (exact) mass is 448 g/mol. The number of hydrogen-bond acceptors (Lipinski definition) is 6. The first kappa shape index (κ1) is 21.7. The molecule has 0 spiro atoms. The number of benzene rings is 1. The van der Waals surface area contributed by atoms with E-state index in [-0.39, 0.29) is 11.9 Å². The lowest BCUT2D eigenvalue weighted by atomic mass is 9.96. The zero-order valence-electron chi connectivity index (χ0n) is 17.5. The molecule has 2 aromatic rings. The highest BCUT2D eigenvalue weighted by Gasteiger charge is 2.70. The van der Waals surface area contributed by atoms with E-state index >= 15 is 0 Å². The van der Waals surface area contributed by atoms with Gasteiger partial charge in [-0.3, -0.25) is 5.32 Å². The number of rotatable bonds is 3. The number of anilines is 1. The molecular weight excluding hydrogens is 423 g/mol. The van der Waals surface area contributed by atoms with Crippen molar-refractivity contribution in [3.05, 3.63) is 41.0 Å². The third-order valence-corrected chi connectivity index (χ3v) is 7.57. The summed E-state index contributed by atoms with van der Waals surface area (Å²) in [5.41, 5.74) is 1.24. The van der Waals surface area contributed by atoms with Crippen molar-refractivity contribution in [3.63, 3.8) is 0 Å². The molecule has 31 heavy (non-hydrogen) atoms. The summed E-state index contributed by atoms with van der Waals surface area (Å²) in [5.74, 6) is -0.331. The highest BCUT2D eigenvalue weighted by atomic mass is 32.1. The van der Waals surface area contributed by atoms with E-state index in [0.29, 0.717) is 35.5 Å². The number of quaternary nitrogens is 1. The molecular formula is C22H25FN2O5S. The van der Waals surface area contributed by atoms with Crippen LogP contribution in [0.2, 0.25) is 0 Å². The number of fused-ring (bicyclic) bond motifs is 5. The van der Waals surface area contributed by atoms with Gasteiger partial charge in [0, 0.05) is 34.6 Å². The zero-order valence-corrected chi connectivity index (χ0v) is 18.4. The van der Waals surface area contributed by atoms with Crippen LogP contribution in [0.4, 0.5) is 14.9 Å². The summed E-state index contributed by atoms with van der Waals surface area (Å²) in [6.45, 7) is 1.50. The highest BCUT2D eigenvalue weighted by Crippen LogP contribution is 2.51. The van der Waals surface area contributed by atoms with Crippen LogP contribution in [0, 0.1) is 12.7 Å². The molecule has 2 bridgehead atoms. The minimum Gasteiger partial charge on any atom is -0.554 e. The SMILES string of the molecule is Cc1ccc(-c2cc(F)ccc2NC(=O)O[C@@H]2C[C@@H]3[C@H]4O[C@H]4[C@H](C2)[N+]3(C)C)s1.O=C[O-]. The van der Waals surface area contributed by atoms with Crippen LogP contribution in [-0.4, -0.2) is 61.5 Å². The fraction of sp³-hybridized carbons (Fsp3) is 0.455. The summed E-state index contributed by atoms with van der Waals surface area (Å²) in [4.78, 5) is 22.9. The number of carbonyl (C=O) groups is 2. The van der Waals surface area contributed by atoms with Crippen molar-refractivity contribution in [2.75, 3.05) is 19.4 Å². The van der Waals surface area contributed by atoms with E-state index in [0.717, 1.165) is 27.1 Å². The van der Waals surface area contributed by atoms with Crippen LogP contribution in [0.15, 0.2) is 30.3 Å². The second-order valence-corrected chi connectivity index (χ2v) is 9.94. The largest absolute Gasteiger partial charge is 0.554 e. The number of thiophene rings is 1. The van der Waals surface area contributed by atoms with Crippen LogP contribution in [-0.2, 0) is 14.3 Å². The zero-order chi connectivity index (χ0) is 22.3. The molecule has 0 saturated carbocycles. The Hall–Kier alpha value is -2.49. The number of carbonyl (C=O) groups excluding carboxylic acids is 2. The number of aryl methyl sites for hydroxylation is 1. The van der Waals surface area contributed by atoms with Gasteiger partial charge in [-0.1, -0.05) is 0 Å². The lowest BCUT2D eigenvalue weighted by Gasteiger charge is -2.45. The Morgan fingerprint density at radius 1 is 1.26 bits per heavy atom. The van der Waals surface area contributed by atoms with Gasteiger partial charge < -0.3 is 23.9 Å². The number of hydrogen-bond donors (Lipinski definition) is 1. The first-order valence-electron chi connectivity index (χ1n) is 10.1. The molecule has 5 atom stereocenters. The van der Waals surface area contributed by atoms with Gasteiger partial charge in [-0.25, -0.2) is 9.18 Å². The molecule has 1 aromatic heterocycles. The number of halogens is 1. The topological polar surface area (TPSA) is 91.0 Å². The molecule has 1 N–H and O–H groups in total. The van der Waals surface area contributed by atoms with E-state index in [1.165, 1.54) is 12.1 Å². The number of ether oxygens (including phenoxy) is 2. The summed E-state index contributed by atoms with van der Waals surface area (Å²) >= 11 is 1.57. The van der Waals surface area contributed by atoms with Crippen molar-refractivity contribution in [3.8, 4) is 10.4 Å². The molecule has 0 radical (unpaired) electrons. The molecule has 9 heteroatoms. The molecule has 1 amide bonds. The van der Waals surface area contributed by atoms with E-state index in [1.807, 2.05) is 19.1 Å². The molecule has 7 nitrogen and oxygen atoms in total. The van der Waals surface area contributed by atoms with Crippen molar-refractivity contribution in [1.29, 1.82) is 0 Å². The number of piperidine rings is 1. The molecule has 0 aliphatic carbocycles.